The van der Waals surface area contributed by atoms with Crippen molar-refractivity contribution in [3.05, 3.63) is 58.8 Å². The molecule has 6 aliphatic carbocycles. The lowest BCUT2D eigenvalue weighted by atomic mass is 8.92. The maximum absolute atomic E-state index is 14.5. The number of halogens is 1. The molecule has 1 aromatic carbocycles. The van der Waals surface area contributed by atoms with E-state index in [1.54, 1.807) is 6.07 Å². The first kappa shape index (κ1) is 21.2. The number of nitrogens with one attached hydrogen (secondary N) is 2. The highest BCUT2D eigenvalue weighted by molar-refractivity contribution is 5.98. The van der Waals surface area contributed by atoms with Gasteiger partial charge in [-0.25, -0.2) is 13.9 Å². The molecule has 7 aliphatic rings. The van der Waals surface area contributed by atoms with Crippen LogP contribution in [0.25, 0.3) is 5.65 Å². The van der Waals surface area contributed by atoms with Crippen molar-refractivity contribution in [2.75, 3.05) is 13.2 Å². The van der Waals surface area contributed by atoms with Crippen molar-refractivity contribution in [1.82, 2.24) is 25.2 Å². The molecule has 0 unspecified atom stereocenters. The average molecular weight is 514 g/mol. The summed E-state index contributed by atoms with van der Waals surface area (Å²) in [7, 11) is 0. The fourth-order valence-corrected chi connectivity index (χ4v) is 9.90. The number of hydrogen-bond acceptors (Lipinski definition) is 6. The Morgan fingerprint density at radius 1 is 1.11 bits per heavy atom. The lowest BCUT2D eigenvalue weighted by Gasteiger charge is -3.11. The summed E-state index contributed by atoms with van der Waals surface area (Å²) in [5.74, 6) is 3.93. The van der Waals surface area contributed by atoms with Gasteiger partial charge in [0.15, 0.2) is 17.2 Å². The van der Waals surface area contributed by atoms with Crippen molar-refractivity contribution in [1.29, 1.82) is 0 Å². The summed E-state index contributed by atoms with van der Waals surface area (Å²) in [6.45, 7) is 3.31. The minimum atomic E-state index is -0.706. The number of ether oxygens (including phenoxy) is 1. The molecule has 3 aromatic rings. The standard InChI is InChI=1S/C28H24FN5O4/c1-27-18-21-19(27)23-20(27)22(18)28(21,23)10-31-26(37)16-6-15(33-24-14(29)8-32-34(16)24)25(36)30-7-11-2-3-17-12(4-11)5-13(35)9-38-17/h2-4,6,8,18-23H,5,7,9-10H2,1H3,(H,30,36)(H,31,37). The Balaban J connectivity index is 0.935. The minimum absolute atomic E-state index is 0.00106. The highest BCUT2D eigenvalue weighted by atomic mass is 19.1. The van der Waals surface area contributed by atoms with Crippen molar-refractivity contribution >= 4 is 23.2 Å². The summed E-state index contributed by atoms with van der Waals surface area (Å²) in [6, 6.07) is 6.78. The Kier molecular flexibility index (Phi) is 3.57. The van der Waals surface area contributed by atoms with Crippen LogP contribution in [0.3, 0.4) is 0 Å². The molecule has 38 heavy (non-hydrogen) atoms. The van der Waals surface area contributed by atoms with Gasteiger partial charge in [-0.2, -0.15) is 5.10 Å². The molecule has 0 atom stereocenters. The zero-order valence-electron chi connectivity index (χ0n) is 20.5. The van der Waals surface area contributed by atoms with E-state index in [2.05, 4.69) is 27.6 Å². The van der Waals surface area contributed by atoms with E-state index in [0.717, 1.165) is 57.3 Å². The molecule has 0 saturated heterocycles. The van der Waals surface area contributed by atoms with Gasteiger partial charge in [0.1, 0.15) is 23.7 Å². The van der Waals surface area contributed by atoms with E-state index in [1.165, 1.54) is 6.07 Å². The first-order chi connectivity index (χ1) is 18.3. The summed E-state index contributed by atoms with van der Waals surface area (Å²) in [5, 5.41) is 9.86. The van der Waals surface area contributed by atoms with Gasteiger partial charge in [-0.3, -0.25) is 14.4 Å². The van der Waals surface area contributed by atoms with Crippen molar-refractivity contribution < 1.29 is 23.5 Å². The quantitative estimate of drug-likeness (QED) is 0.520. The second kappa shape index (κ2) is 6.42. The third-order valence-corrected chi connectivity index (χ3v) is 11.1. The van der Waals surface area contributed by atoms with Crippen LogP contribution in [0.2, 0.25) is 0 Å². The lowest BCUT2D eigenvalue weighted by molar-refractivity contribution is -0.651. The second-order valence-corrected chi connectivity index (χ2v) is 12.2. The van der Waals surface area contributed by atoms with Gasteiger partial charge in [0.05, 0.1) is 6.20 Å². The normalized spacial score (nSPS) is 37.4. The first-order valence-electron chi connectivity index (χ1n) is 13.2. The number of carbonyl (C=O) groups is 3. The molecule has 9 nitrogen and oxygen atoms in total. The van der Waals surface area contributed by atoms with Gasteiger partial charge < -0.3 is 15.4 Å². The van der Waals surface area contributed by atoms with E-state index in [9.17, 15) is 18.8 Å². The smallest absolute Gasteiger partial charge is 0.270 e. The van der Waals surface area contributed by atoms with Gasteiger partial charge in [0.25, 0.3) is 11.8 Å². The Hall–Kier alpha value is -3.82. The minimum Gasteiger partial charge on any atom is -0.486 e. The number of hydrogen-bond donors (Lipinski definition) is 2. The number of nitrogens with zero attached hydrogens (tertiary/aromatic N) is 3. The van der Waals surface area contributed by atoms with Crippen LogP contribution >= 0.6 is 0 Å². The van der Waals surface area contributed by atoms with Crippen molar-refractivity contribution in [3.63, 3.8) is 0 Å². The third kappa shape index (κ3) is 2.10. The number of amides is 2. The van der Waals surface area contributed by atoms with Crippen LogP contribution in [0.5, 0.6) is 5.75 Å². The van der Waals surface area contributed by atoms with Gasteiger partial charge in [-0.1, -0.05) is 13.0 Å². The van der Waals surface area contributed by atoms with E-state index in [-0.39, 0.29) is 47.3 Å². The molecular formula is C28H24FN5O4. The van der Waals surface area contributed by atoms with Gasteiger partial charge in [0.2, 0.25) is 0 Å². The predicted molar refractivity (Wildman–Crippen MR) is 129 cm³/mol. The number of aromatic nitrogens is 3. The van der Waals surface area contributed by atoms with Crippen LogP contribution in [0.4, 0.5) is 4.39 Å². The Morgan fingerprint density at radius 3 is 2.63 bits per heavy atom. The summed E-state index contributed by atoms with van der Waals surface area (Å²) in [6.07, 6.45) is 1.29. The Morgan fingerprint density at radius 2 is 1.87 bits per heavy atom. The molecule has 10 heteroatoms. The van der Waals surface area contributed by atoms with E-state index in [0.29, 0.717) is 24.1 Å². The molecule has 2 aromatic heterocycles. The SMILES string of the molecule is CC12C3C4C1C1C2C3C41CNC(=O)c1cc(C(=O)NCc2ccc3c(c2)CC(=O)CO3)nc2c(F)cnn12. The third-order valence-electron chi connectivity index (χ3n) is 11.1. The molecule has 0 bridgehead atoms. The van der Waals surface area contributed by atoms with Crippen LogP contribution in [-0.4, -0.2) is 45.3 Å². The van der Waals surface area contributed by atoms with Crippen LogP contribution < -0.4 is 15.4 Å². The van der Waals surface area contributed by atoms with Gasteiger partial charge in [0, 0.05) is 31.1 Å². The fourth-order valence-electron chi connectivity index (χ4n) is 9.90. The molecule has 3 heterocycles. The van der Waals surface area contributed by atoms with Crippen LogP contribution in [0.15, 0.2) is 30.5 Å². The van der Waals surface area contributed by atoms with Crippen LogP contribution in [0.1, 0.15) is 39.0 Å². The molecule has 2 amide bonds. The van der Waals surface area contributed by atoms with Gasteiger partial charge in [-0.15, -0.1) is 0 Å². The number of carbonyl (C=O) groups excluding carboxylic acids is 3. The molecular weight excluding hydrogens is 489 g/mol. The zero-order valence-corrected chi connectivity index (χ0v) is 20.5. The van der Waals surface area contributed by atoms with Crippen LogP contribution in [0, 0.1) is 52.2 Å². The molecule has 1 aliphatic heterocycles. The number of ketones is 1. The molecule has 6 fully saturated rings. The highest BCUT2D eigenvalue weighted by Gasteiger charge is 3.08. The maximum atomic E-state index is 14.5. The summed E-state index contributed by atoms with van der Waals surface area (Å²) in [5.41, 5.74) is 2.30. The number of rotatable bonds is 6. The Labute approximate surface area is 216 Å². The van der Waals surface area contributed by atoms with Crippen molar-refractivity contribution in [3.8, 4) is 5.75 Å². The van der Waals surface area contributed by atoms with Gasteiger partial charge >= 0.3 is 0 Å². The monoisotopic (exact) mass is 513 g/mol. The zero-order chi connectivity index (χ0) is 25.7. The molecule has 0 radical (unpaired) electrons. The first-order valence-corrected chi connectivity index (χ1v) is 13.2. The highest BCUT2D eigenvalue weighted by Crippen LogP contribution is 3.10. The molecule has 2 N–H and O–H groups in total. The van der Waals surface area contributed by atoms with E-state index < -0.39 is 11.7 Å². The number of Topliss-reactive ketones (excluding diaryl/α,β-unsaturated/α-hetero) is 1. The van der Waals surface area contributed by atoms with Gasteiger partial charge in [-0.05, 0) is 64.0 Å². The average Bonchev–Trinajstić information content (AvgIpc) is 3.31. The molecule has 0 spiro atoms. The molecule has 6 saturated carbocycles. The van der Waals surface area contributed by atoms with Crippen molar-refractivity contribution in [2.45, 2.75) is 19.9 Å². The van der Waals surface area contributed by atoms with Crippen molar-refractivity contribution in [2.24, 2.45) is 46.3 Å². The maximum Gasteiger partial charge on any atom is 0.270 e. The fraction of sp³-hybridized carbons (Fsp3) is 0.464. The molecule has 192 valence electrons. The number of benzene rings is 1. The van der Waals surface area contributed by atoms with Crippen LogP contribution in [-0.2, 0) is 17.8 Å². The summed E-state index contributed by atoms with van der Waals surface area (Å²) in [4.78, 5) is 42.2. The van der Waals surface area contributed by atoms with E-state index in [4.69, 9.17) is 4.74 Å². The summed E-state index contributed by atoms with van der Waals surface area (Å²) >= 11 is 0. The summed E-state index contributed by atoms with van der Waals surface area (Å²) < 4.78 is 21.0. The molecule has 10 rings (SSSR count). The second-order valence-electron chi connectivity index (χ2n) is 12.2. The lowest BCUT2D eigenvalue weighted by Crippen LogP contribution is -3.10. The predicted octanol–water partition coefficient (Wildman–Crippen LogP) is 1.79. The largest absolute Gasteiger partial charge is 0.486 e. The van der Waals surface area contributed by atoms with E-state index >= 15 is 0 Å². The topological polar surface area (TPSA) is 115 Å². The number of fused-ring (bicyclic) bond motifs is 2. The Bertz CT molecular complexity index is 1610. The van der Waals surface area contributed by atoms with E-state index in [1.807, 2.05) is 12.1 Å².